The monoisotopic (exact) mass is 434 g/mol. The molecule has 2 aromatic rings. The average molecular weight is 435 g/mol. The van der Waals surface area contributed by atoms with Crippen molar-refractivity contribution < 1.29 is 27.5 Å². The number of nitrogens with zero attached hydrogens (tertiary/aromatic N) is 1. The van der Waals surface area contributed by atoms with Gasteiger partial charge in [-0.3, -0.25) is 9.10 Å². The van der Waals surface area contributed by atoms with E-state index < -0.39 is 27.9 Å². The fourth-order valence-electron chi connectivity index (χ4n) is 2.90. The number of esters is 1. The number of ether oxygens (including phenoxy) is 2. The first kappa shape index (κ1) is 23.2. The molecule has 2 rings (SSSR count). The molecule has 0 aliphatic heterocycles. The van der Waals surface area contributed by atoms with E-state index in [1.807, 2.05) is 6.92 Å². The fraction of sp³-hybridized carbons (Fsp3) is 0.333. The quantitative estimate of drug-likeness (QED) is 0.641. The molecule has 1 amide bonds. The third kappa shape index (κ3) is 5.50. The number of benzene rings is 2. The Hall–Kier alpha value is -3.07. The van der Waals surface area contributed by atoms with Gasteiger partial charge in [0.05, 0.1) is 31.2 Å². The largest absolute Gasteiger partial charge is 0.495 e. The zero-order valence-electron chi connectivity index (χ0n) is 17.6. The maximum absolute atomic E-state index is 12.8. The highest BCUT2D eigenvalue weighted by molar-refractivity contribution is 7.92. The lowest BCUT2D eigenvalue weighted by atomic mass is 10.1. The predicted octanol–water partition coefficient (Wildman–Crippen LogP) is 2.97. The number of nitrogens with one attached hydrogen (secondary N) is 1. The normalized spacial score (nSPS) is 12.0. The minimum atomic E-state index is -3.80. The number of carbonyl (C=O) groups is 2. The third-order valence-electron chi connectivity index (χ3n) is 4.32. The van der Waals surface area contributed by atoms with Crippen molar-refractivity contribution >= 4 is 33.3 Å². The molecule has 30 heavy (non-hydrogen) atoms. The van der Waals surface area contributed by atoms with Crippen molar-refractivity contribution in [2.24, 2.45) is 0 Å². The van der Waals surface area contributed by atoms with Crippen molar-refractivity contribution in [2.45, 2.75) is 26.8 Å². The van der Waals surface area contributed by atoms with E-state index >= 15 is 0 Å². The van der Waals surface area contributed by atoms with Crippen molar-refractivity contribution in [3.63, 3.8) is 0 Å². The summed E-state index contributed by atoms with van der Waals surface area (Å²) < 4.78 is 36.3. The number of sulfonamides is 1. The predicted molar refractivity (Wildman–Crippen MR) is 116 cm³/mol. The van der Waals surface area contributed by atoms with Crippen molar-refractivity contribution in [2.75, 3.05) is 29.6 Å². The van der Waals surface area contributed by atoms with Gasteiger partial charge in [-0.1, -0.05) is 6.07 Å². The van der Waals surface area contributed by atoms with Crippen molar-refractivity contribution in [3.8, 4) is 5.75 Å². The molecule has 0 aromatic heterocycles. The van der Waals surface area contributed by atoms with Crippen LogP contribution in [0.1, 0.15) is 29.8 Å². The van der Waals surface area contributed by atoms with Crippen molar-refractivity contribution in [1.29, 1.82) is 0 Å². The van der Waals surface area contributed by atoms with Crippen LogP contribution in [-0.4, -0.2) is 46.3 Å². The second kappa shape index (κ2) is 9.62. The highest BCUT2D eigenvalue weighted by atomic mass is 32.2. The average Bonchev–Trinajstić information content (AvgIpc) is 2.68. The number of rotatable bonds is 8. The summed E-state index contributed by atoms with van der Waals surface area (Å²) in [6.45, 7) is 5.29. The molecule has 0 fully saturated rings. The Morgan fingerprint density at radius 3 is 2.30 bits per heavy atom. The van der Waals surface area contributed by atoms with Crippen LogP contribution in [0.5, 0.6) is 5.75 Å². The van der Waals surface area contributed by atoms with Crippen LogP contribution in [0, 0.1) is 6.92 Å². The number of aryl methyl sites for hydroxylation is 1. The van der Waals surface area contributed by atoms with E-state index in [9.17, 15) is 18.0 Å². The lowest BCUT2D eigenvalue weighted by molar-refractivity contribution is -0.116. The van der Waals surface area contributed by atoms with E-state index in [4.69, 9.17) is 9.47 Å². The fourth-order valence-corrected chi connectivity index (χ4v) is 4.07. The Kier molecular flexibility index (Phi) is 7.44. The van der Waals surface area contributed by atoms with E-state index in [-0.39, 0.29) is 12.3 Å². The van der Waals surface area contributed by atoms with Crippen LogP contribution in [0.2, 0.25) is 0 Å². The molecule has 0 aliphatic carbocycles. The van der Waals surface area contributed by atoms with Gasteiger partial charge in [-0.25, -0.2) is 13.2 Å². The molecule has 162 valence electrons. The van der Waals surface area contributed by atoms with Gasteiger partial charge in [0, 0.05) is 5.69 Å². The second-order valence-corrected chi connectivity index (χ2v) is 8.56. The first-order valence-corrected chi connectivity index (χ1v) is 11.2. The highest BCUT2D eigenvalue weighted by Gasteiger charge is 2.31. The van der Waals surface area contributed by atoms with Crippen LogP contribution in [-0.2, 0) is 19.6 Å². The molecule has 0 heterocycles. The number of hydrogen-bond donors (Lipinski definition) is 1. The first-order valence-electron chi connectivity index (χ1n) is 9.30. The SMILES string of the molecule is CCOC(=O)c1ccc(NC(=O)[C@@H](C)N(c2cc(C)ccc2OC)S(C)(=O)=O)cc1. The topological polar surface area (TPSA) is 102 Å². The van der Waals surface area contributed by atoms with Gasteiger partial charge in [0.25, 0.3) is 0 Å². The lowest BCUT2D eigenvalue weighted by Gasteiger charge is -2.29. The van der Waals surface area contributed by atoms with Crippen LogP contribution in [0.15, 0.2) is 42.5 Å². The van der Waals surface area contributed by atoms with Crippen molar-refractivity contribution in [3.05, 3.63) is 53.6 Å². The van der Waals surface area contributed by atoms with E-state index in [0.717, 1.165) is 16.1 Å². The molecule has 8 nitrogen and oxygen atoms in total. The number of anilines is 2. The molecule has 0 aliphatic rings. The van der Waals surface area contributed by atoms with Gasteiger partial charge in [-0.15, -0.1) is 0 Å². The number of hydrogen-bond acceptors (Lipinski definition) is 6. The zero-order chi connectivity index (χ0) is 22.5. The number of methoxy groups -OCH3 is 1. The van der Waals surface area contributed by atoms with Crippen LogP contribution in [0.4, 0.5) is 11.4 Å². The van der Waals surface area contributed by atoms with E-state index in [1.54, 1.807) is 37.3 Å². The molecule has 2 aromatic carbocycles. The number of carbonyl (C=O) groups excluding carboxylic acids is 2. The van der Waals surface area contributed by atoms with E-state index in [0.29, 0.717) is 17.0 Å². The lowest BCUT2D eigenvalue weighted by Crippen LogP contribution is -2.45. The van der Waals surface area contributed by atoms with Gasteiger partial charge < -0.3 is 14.8 Å². The Balaban J connectivity index is 2.29. The molecular formula is C21H26N2O6S. The minimum Gasteiger partial charge on any atom is -0.495 e. The summed E-state index contributed by atoms with van der Waals surface area (Å²) in [5, 5.41) is 2.68. The van der Waals surface area contributed by atoms with E-state index in [2.05, 4.69) is 5.32 Å². The standard InChI is InChI=1S/C21H26N2O6S/c1-6-29-21(25)16-8-10-17(11-9-16)22-20(24)15(3)23(30(5,26)27)18-13-14(2)7-12-19(18)28-4/h7-13,15H,6H2,1-5H3,(H,22,24)/t15-/m1/s1. The zero-order valence-corrected chi connectivity index (χ0v) is 18.4. The molecule has 0 radical (unpaired) electrons. The molecule has 1 atom stereocenters. The Morgan fingerprint density at radius 2 is 1.77 bits per heavy atom. The van der Waals surface area contributed by atoms with Gasteiger partial charge in [-0.05, 0) is 62.7 Å². The molecule has 9 heteroatoms. The summed E-state index contributed by atoms with van der Waals surface area (Å²) in [6.07, 6.45) is 1.03. The molecule has 0 spiro atoms. The van der Waals surface area contributed by atoms with E-state index in [1.165, 1.54) is 26.2 Å². The summed E-state index contributed by atoms with van der Waals surface area (Å²) >= 11 is 0. The minimum absolute atomic E-state index is 0.262. The van der Waals surface area contributed by atoms with Crippen LogP contribution < -0.4 is 14.4 Å². The summed E-state index contributed by atoms with van der Waals surface area (Å²) in [4.78, 5) is 24.6. The number of amides is 1. The van der Waals surface area contributed by atoms with Gasteiger partial charge in [-0.2, -0.15) is 0 Å². The smallest absolute Gasteiger partial charge is 0.338 e. The van der Waals surface area contributed by atoms with Crippen LogP contribution in [0.3, 0.4) is 0 Å². The Bertz CT molecular complexity index is 1020. The van der Waals surface area contributed by atoms with Gasteiger partial charge >= 0.3 is 5.97 Å². The van der Waals surface area contributed by atoms with Gasteiger partial charge in [0.1, 0.15) is 11.8 Å². The third-order valence-corrected chi connectivity index (χ3v) is 5.55. The van der Waals surface area contributed by atoms with Crippen molar-refractivity contribution in [1.82, 2.24) is 0 Å². The van der Waals surface area contributed by atoms with Gasteiger partial charge in [0.15, 0.2) is 0 Å². The first-order chi connectivity index (χ1) is 14.1. The Morgan fingerprint density at radius 1 is 1.13 bits per heavy atom. The maximum Gasteiger partial charge on any atom is 0.338 e. The van der Waals surface area contributed by atoms with Crippen LogP contribution >= 0.6 is 0 Å². The second-order valence-electron chi connectivity index (χ2n) is 6.70. The summed E-state index contributed by atoms with van der Waals surface area (Å²) in [6, 6.07) is 10.2. The summed E-state index contributed by atoms with van der Waals surface area (Å²) in [7, 11) is -2.36. The summed E-state index contributed by atoms with van der Waals surface area (Å²) in [5.41, 5.74) is 1.87. The molecule has 1 N–H and O–H groups in total. The van der Waals surface area contributed by atoms with Gasteiger partial charge in [0.2, 0.25) is 15.9 Å². The summed E-state index contributed by atoms with van der Waals surface area (Å²) in [5.74, 6) is -0.657. The molecular weight excluding hydrogens is 408 g/mol. The molecule has 0 saturated carbocycles. The molecule has 0 bridgehead atoms. The highest BCUT2D eigenvalue weighted by Crippen LogP contribution is 2.32. The molecule has 0 saturated heterocycles. The maximum atomic E-state index is 12.8. The van der Waals surface area contributed by atoms with Crippen LogP contribution in [0.25, 0.3) is 0 Å². The molecule has 0 unspecified atom stereocenters. The Labute approximate surface area is 176 Å².